The lowest BCUT2D eigenvalue weighted by Crippen LogP contribution is -2.28. The summed E-state index contributed by atoms with van der Waals surface area (Å²) in [7, 11) is 0. The molecule has 3 N–H and O–H groups in total. The second-order valence-corrected chi connectivity index (χ2v) is 5.08. The van der Waals surface area contributed by atoms with E-state index in [0.717, 1.165) is 51.4 Å². The number of nitrogens with two attached hydrogens (primary N) is 1. The van der Waals surface area contributed by atoms with Gasteiger partial charge in [0.2, 0.25) is 5.91 Å². The van der Waals surface area contributed by atoms with Crippen LogP contribution in [0.15, 0.2) is 24.3 Å². The number of rotatable bonds is 5. The van der Waals surface area contributed by atoms with Crippen molar-refractivity contribution in [2.45, 2.75) is 19.3 Å². The third kappa shape index (κ3) is 5.19. The number of carbonyl (C=O) groups excluding carboxylic acids is 1. The van der Waals surface area contributed by atoms with Crippen LogP contribution < -0.4 is 11.1 Å². The second-order valence-electron chi connectivity index (χ2n) is 5.08. The summed E-state index contributed by atoms with van der Waals surface area (Å²) in [6.45, 7) is 4.64. The van der Waals surface area contributed by atoms with E-state index in [1.807, 2.05) is 12.1 Å². The standard InChI is InChI=1S/C15H23N3O2/c16-13-4-1-5-14(12-13)17-15(19)6-2-7-18-8-3-10-20-11-9-18/h1,4-5,12H,2-3,6-11,16H2,(H,17,19). The summed E-state index contributed by atoms with van der Waals surface area (Å²) in [6.07, 6.45) is 2.48. The topological polar surface area (TPSA) is 67.6 Å². The molecule has 0 unspecified atom stereocenters. The minimum absolute atomic E-state index is 0.0432. The normalized spacial score (nSPS) is 16.6. The molecule has 5 heteroatoms. The number of amides is 1. The largest absolute Gasteiger partial charge is 0.399 e. The van der Waals surface area contributed by atoms with Gasteiger partial charge >= 0.3 is 0 Å². The fourth-order valence-corrected chi connectivity index (χ4v) is 2.32. The fraction of sp³-hybridized carbons (Fsp3) is 0.533. The molecular formula is C15H23N3O2. The van der Waals surface area contributed by atoms with E-state index < -0.39 is 0 Å². The zero-order valence-corrected chi connectivity index (χ0v) is 11.8. The van der Waals surface area contributed by atoms with Crippen molar-refractivity contribution < 1.29 is 9.53 Å². The van der Waals surface area contributed by atoms with Crippen molar-refractivity contribution in [1.82, 2.24) is 4.90 Å². The highest BCUT2D eigenvalue weighted by atomic mass is 16.5. The van der Waals surface area contributed by atoms with Gasteiger partial charge in [-0.05, 0) is 37.6 Å². The second kappa shape index (κ2) is 7.87. The summed E-state index contributed by atoms with van der Waals surface area (Å²) >= 11 is 0. The average molecular weight is 277 g/mol. The van der Waals surface area contributed by atoms with Crippen LogP contribution in [0.25, 0.3) is 0 Å². The Bertz CT molecular complexity index is 429. The lowest BCUT2D eigenvalue weighted by molar-refractivity contribution is -0.116. The minimum Gasteiger partial charge on any atom is -0.399 e. The average Bonchev–Trinajstić information content (AvgIpc) is 2.67. The first kappa shape index (κ1) is 14.8. The summed E-state index contributed by atoms with van der Waals surface area (Å²) in [5.74, 6) is 0.0432. The molecule has 1 amide bonds. The van der Waals surface area contributed by atoms with E-state index in [1.165, 1.54) is 0 Å². The molecule has 1 aliphatic heterocycles. The molecule has 0 radical (unpaired) electrons. The van der Waals surface area contributed by atoms with Crippen molar-refractivity contribution in [1.29, 1.82) is 0 Å². The predicted octanol–water partition coefficient (Wildman–Crippen LogP) is 1.71. The molecule has 1 aromatic carbocycles. The van der Waals surface area contributed by atoms with E-state index in [9.17, 15) is 4.79 Å². The Morgan fingerprint density at radius 3 is 3.10 bits per heavy atom. The fourth-order valence-electron chi connectivity index (χ4n) is 2.32. The minimum atomic E-state index is 0.0432. The highest BCUT2D eigenvalue weighted by Crippen LogP contribution is 2.12. The van der Waals surface area contributed by atoms with Crippen LogP contribution in [0.4, 0.5) is 11.4 Å². The first-order chi connectivity index (χ1) is 9.74. The molecule has 2 rings (SSSR count). The molecule has 0 aromatic heterocycles. The summed E-state index contributed by atoms with van der Waals surface area (Å²) < 4.78 is 5.41. The van der Waals surface area contributed by atoms with Gasteiger partial charge in [0.25, 0.3) is 0 Å². The third-order valence-electron chi connectivity index (χ3n) is 3.36. The Morgan fingerprint density at radius 1 is 1.35 bits per heavy atom. The maximum absolute atomic E-state index is 11.8. The van der Waals surface area contributed by atoms with Crippen molar-refractivity contribution in [3.05, 3.63) is 24.3 Å². The summed E-state index contributed by atoms with van der Waals surface area (Å²) in [4.78, 5) is 14.2. The van der Waals surface area contributed by atoms with Crippen LogP contribution in [-0.4, -0.2) is 43.7 Å². The third-order valence-corrected chi connectivity index (χ3v) is 3.36. The van der Waals surface area contributed by atoms with Crippen LogP contribution in [0.3, 0.4) is 0 Å². The van der Waals surface area contributed by atoms with Crippen LogP contribution in [-0.2, 0) is 9.53 Å². The van der Waals surface area contributed by atoms with Crippen LogP contribution in [0.1, 0.15) is 19.3 Å². The quantitative estimate of drug-likeness (QED) is 0.804. The number of carbonyl (C=O) groups is 1. The van der Waals surface area contributed by atoms with Gasteiger partial charge in [0.1, 0.15) is 0 Å². The summed E-state index contributed by atoms with van der Waals surface area (Å²) in [6, 6.07) is 7.25. The van der Waals surface area contributed by atoms with Crippen LogP contribution >= 0.6 is 0 Å². The zero-order chi connectivity index (χ0) is 14.2. The Morgan fingerprint density at radius 2 is 2.25 bits per heavy atom. The van der Waals surface area contributed by atoms with Gasteiger partial charge in [-0.1, -0.05) is 6.07 Å². The molecule has 1 heterocycles. The van der Waals surface area contributed by atoms with E-state index in [-0.39, 0.29) is 5.91 Å². The molecule has 0 saturated carbocycles. The number of ether oxygens (including phenoxy) is 1. The number of nitrogens with zero attached hydrogens (tertiary/aromatic N) is 1. The van der Waals surface area contributed by atoms with E-state index >= 15 is 0 Å². The number of hydrogen-bond acceptors (Lipinski definition) is 4. The lowest BCUT2D eigenvalue weighted by atomic mass is 10.2. The van der Waals surface area contributed by atoms with Crippen molar-refractivity contribution in [3.8, 4) is 0 Å². The van der Waals surface area contributed by atoms with Crippen LogP contribution in [0, 0.1) is 0 Å². The highest BCUT2D eigenvalue weighted by Gasteiger charge is 2.09. The number of hydrogen-bond donors (Lipinski definition) is 2. The van der Waals surface area contributed by atoms with Crippen molar-refractivity contribution >= 4 is 17.3 Å². The lowest BCUT2D eigenvalue weighted by Gasteiger charge is -2.18. The van der Waals surface area contributed by atoms with Gasteiger partial charge in [0, 0.05) is 37.5 Å². The number of benzene rings is 1. The van der Waals surface area contributed by atoms with Gasteiger partial charge in [0.05, 0.1) is 6.61 Å². The van der Waals surface area contributed by atoms with E-state index in [1.54, 1.807) is 12.1 Å². The molecular weight excluding hydrogens is 254 g/mol. The molecule has 1 aromatic rings. The number of anilines is 2. The van der Waals surface area contributed by atoms with Crippen molar-refractivity contribution in [2.24, 2.45) is 0 Å². The number of nitrogen functional groups attached to an aromatic ring is 1. The van der Waals surface area contributed by atoms with Gasteiger partial charge in [-0.25, -0.2) is 0 Å². The molecule has 0 aliphatic carbocycles. The maximum Gasteiger partial charge on any atom is 0.224 e. The molecule has 110 valence electrons. The van der Waals surface area contributed by atoms with Gasteiger partial charge < -0.3 is 20.7 Å². The zero-order valence-electron chi connectivity index (χ0n) is 11.8. The first-order valence-corrected chi connectivity index (χ1v) is 7.19. The Kier molecular flexibility index (Phi) is 5.83. The molecule has 0 bridgehead atoms. The smallest absolute Gasteiger partial charge is 0.224 e. The molecule has 1 saturated heterocycles. The monoisotopic (exact) mass is 277 g/mol. The van der Waals surface area contributed by atoms with Crippen LogP contribution in [0.2, 0.25) is 0 Å². The highest BCUT2D eigenvalue weighted by molar-refractivity contribution is 5.91. The predicted molar refractivity (Wildman–Crippen MR) is 80.6 cm³/mol. The molecule has 0 spiro atoms. The maximum atomic E-state index is 11.8. The first-order valence-electron chi connectivity index (χ1n) is 7.19. The van der Waals surface area contributed by atoms with Gasteiger partial charge in [-0.15, -0.1) is 0 Å². The van der Waals surface area contributed by atoms with Gasteiger partial charge in [0.15, 0.2) is 0 Å². The van der Waals surface area contributed by atoms with E-state index in [2.05, 4.69) is 10.2 Å². The molecule has 5 nitrogen and oxygen atoms in total. The van der Waals surface area contributed by atoms with Crippen molar-refractivity contribution in [3.63, 3.8) is 0 Å². The van der Waals surface area contributed by atoms with Gasteiger partial charge in [-0.2, -0.15) is 0 Å². The van der Waals surface area contributed by atoms with Crippen molar-refractivity contribution in [2.75, 3.05) is 43.9 Å². The summed E-state index contributed by atoms with van der Waals surface area (Å²) in [5, 5.41) is 2.87. The summed E-state index contributed by atoms with van der Waals surface area (Å²) in [5.41, 5.74) is 7.10. The molecule has 20 heavy (non-hydrogen) atoms. The SMILES string of the molecule is Nc1cccc(NC(=O)CCCN2CCCOCC2)c1. The number of nitrogens with one attached hydrogen (secondary N) is 1. The van der Waals surface area contributed by atoms with Gasteiger partial charge in [-0.3, -0.25) is 4.79 Å². The Hall–Kier alpha value is -1.59. The Labute approximate surface area is 120 Å². The van der Waals surface area contributed by atoms with Crippen LogP contribution in [0.5, 0.6) is 0 Å². The molecule has 1 fully saturated rings. The molecule has 1 aliphatic rings. The molecule has 0 atom stereocenters. The van der Waals surface area contributed by atoms with E-state index in [0.29, 0.717) is 12.1 Å². The van der Waals surface area contributed by atoms with E-state index in [4.69, 9.17) is 10.5 Å². The Balaban J connectivity index is 1.67.